The standard InChI is InChI=1S/C27H22N2O4S/c1-16-7-8-19(11-17(16)2)14-34-27-28-24-20-5-3-4-6-21(20)33-25(24)26(30)29(27)13-18-9-10-22-23(12-18)32-15-31-22/h3-12H,13-15H2,1-2H3. The fourth-order valence-electron chi connectivity index (χ4n) is 4.17. The molecular weight excluding hydrogens is 448 g/mol. The molecular formula is C27H22N2O4S. The highest BCUT2D eigenvalue weighted by atomic mass is 32.2. The van der Waals surface area contributed by atoms with Gasteiger partial charge >= 0.3 is 0 Å². The van der Waals surface area contributed by atoms with E-state index in [4.69, 9.17) is 18.9 Å². The zero-order valence-corrected chi connectivity index (χ0v) is 19.6. The third kappa shape index (κ3) is 3.62. The summed E-state index contributed by atoms with van der Waals surface area (Å²) in [6.07, 6.45) is 0. The third-order valence-corrected chi connectivity index (χ3v) is 7.21. The summed E-state index contributed by atoms with van der Waals surface area (Å²) in [5.41, 5.74) is 5.97. The van der Waals surface area contributed by atoms with Gasteiger partial charge in [0.1, 0.15) is 11.1 Å². The molecule has 2 aromatic heterocycles. The van der Waals surface area contributed by atoms with Gasteiger partial charge in [-0.3, -0.25) is 9.36 Å². The van der Waals surface area contributed by atoms with Crippen LogP contribution in [0, 0.1) is 13.8 Å². The molecule has 7 heteroatoms. The Bertz CT molecular complexity index is 1620. The number of thioether (sulfide) groups is 1. The maximum Gasteiger partial charge on any atom is 0.298 e. The predicted molar refractivity (Wildman–Crippen MR) is 133 cm³/mol. The second-order valence-corrected chi connectivity index (χ2v) is 9.40. The predicted octanol–water partition coefficient (Wildman–Crippen LogP) is 5.83. The number of fused-ring (bicyclic) bond motifs is 4. The van der Waals surface area contributed by atoms with Crippen LogP contribution >= 0.6 is 11.8 Å². The topological polar surface area (TPSA) is 66.5 Å². The number of ether oxygens (including phenoxy) is 2. The molecule has 0 aliphatic carbocycles. The number of aryl methyl sites for hydroxylation is 2. The Morgan fingerprint density at radius 3 is 2.65 bits per heavy atom. The molecule has 1 aliphatic heterocycles. The van der Waals surface area contributed by atoms with E-state index in [0.717, 1.165) is 10.9 Å². The third-order valence-electron chi connectivity index (χ3n) is 6.16. The van der Waals surface area contributed by atoms with Crippen LogP contribution in [0.15, 0.2) is 75.0 Å². The molecule has 0 saturated heterocycles. The van der Waals surface area contributed by atoms with Gasteiger partial charge in [0.25, 0.3) is 5.56 Å². The number of aromatic nitrogens is 2. The summed E-state index contributed by atoms with van der Waals surface area (Å²) in [5, 5.41) is 1.50. The van der Waals surface area contributed by atoms with Gasteiger partial charge < -0.3 is 13.9 Å². The fourth-order valence-corrected chi connectivity index (χ4v) is 5.10. The van der Waals surface area contributed by atoms with Crippen molar-refractivity contribution in [1.82, 2.24) is 9.55 Å². The summed E-state index contributed by atoms with van der Waals surface area (Å²) in [6.45, 7) is 4.78. The molecule has 0 saturated carbocycles. The van der Waals surface area contributed by atoms with Gasteiger partial charge in [-0.2, -0.15) is 0 Å². The van der Waals surface area contributed by atoms with Crippen LogP contribution in [0.4, 0.5) is 0 Å². The van der Waals surface area contributed by atoms with E-state index in [9.17, 15) is 4.79 Å². The Kier molecular flexibility index (Phi) is 5.07. The summed E-state index contributed by atoms with van der Waals surface area (Å²) < 4.78 is 18.6. The molecule has 0 radical (unpaired) electrons. The van der Waals surface area contributed by atoms with Gasteiger partial charge in [-0.15, -0.1) is 0 Å². The molecule has 0 fully saturated rings. The van der Waals surface area contributed by atoms with Crippen molar-refractivity contribution < 1.29 is 13.9 Å². The summed E-state index contributed by atoms with van der Waals surface area (Å²) in [7, 11) is 0. The number of benzene rings is 3. The largest absolute Gasteiger partial charge is 0.454 e. The summed E-state index contributed by atoms with van der Waals surface area (Å²) in [5.74, 6) is 2.11. The van der Waals surface area contributed by atoms with Crippen molar-refractivity contribution in [3.63, 3.8) is 0 Å². The molecule has 1 aliphatic rings. The zero-order chi connectivity index (χ0) is 23.2. The molecule has 6 rings (SSSR count). The minimum absolute atomic E-state index is 0.193. The van der Waals surface area contributed by atoms with Crippen molar-refractivity contribution in [2.75, 3.05) is 6.79 Å². The van der Waals surface area contributed by atoms with Gasteiger partial charge in [-0.05, 0) is 60.4 Å². The first-order valence-corrected chi connectivity index (χ1v) is 12.0. The minimum Gasteiger partial charge on any atom is -0.454 e. The van der Waals surface area contributed by atoms with Crippen molar-refractivity contribution in [3.8, 4) is 11.5 Å². The van der Waals surface area contributed by atoms with Crippen molar-refractivity contribution in [3.05, 3.63) is 93.3 Å². The van der Waals surface area contributed by atoms with Gasteiger partial charge in [0.15, 0.2) is 16.7 Å². The van der Waals surface area contributed by atoms with Crippen LogP contribution in [0.3, 0.4) is 0 Å². The molecule has 0 bridgehead atoms. The molecule has 0 spiro atoms. The van der Waals surface area contributed by atoms with Crippen molar-refractivity contribution in [2.45, 2.75) is 31.3 Å². The zero-order valence-electron chi connectivity index (χ0n) is 18.8. The van der Waals surface area contributed by atoms with Gasteiger partial charge in [-0.25, -0.2) is 4.98 Å². The summed E-state index contributed by atoms with van der Waals surface area (Å²) in [6, 6.07) is 19.8. The second kappa shape index (κ2) is 8.25. The van der Waals surface area contributed by atoms with E-state index in [1.807, 2.05) is 42.5 Å². The van der Waals surface area contributed by atoms with Gasteiger partial charge in [0.05, 0.1) is 6.54 Å². The van der Waals surface area contributed by atoms with Crippen LogP contribution in [-0.2, 0) is 12.3 Å². The Labute approximate surface area is 200 Å². The lowest BCUT2D eigenvalue weighted by Gasteiger charge is -2.13. The first-order chi connectivity index (χ1) is 16.6. The minimum atomic E-state index is -0.193. The lowest BCUT2D eigenvalue weighted by Crippen LogP contribution is -2.23. The van der Waals surface area contributed by atoms with Crippen molar-refractivity contribution in [2.24, 2.45) is 0 Å². The molecule has 0 unspecified atom stereocenters. The highest BCUT2D eigenvalue weighted by Gasteiger charge is 2.20. The highest BCUT2D eigenvalue weighted by molar-refractivity contribution is 7.98. The van der Waals surface area contributed by atoms with Crippen LogP contribution < -0.4 is 15.0 Å². The van der Waals surface area contributed by atoms with E-state index in [2.05, 4.69) is 32.0 Å². The number of hydrogen-bond acceptors (Lipinski definition) is 6. The SMILES string of the molecule is Cc1ccc(CSc2nc3c(oc4ccccc43)c(=O)n2Cc2ccc3c(c2)OCO3)cc1C. The number of rotatable bonds is 5. The maximum absolute atomic E-state index is 13.6. The molecule has 34 heavy (non-hydrogen) atoms. The Morgan fingerprint density at radius 2 is 1.76 bits per heavy atom. The van der Waals surface area contributed by atoms with Crippen LogP contribution in [0.1, 0.15) is 22.3 Å². The van der Waals surface area contributed by atoms with Crippen molar-refractivity contribution >= 4 is 33.8 Å². The maximum atomic E-state index is 13.6. The highest BCUT2D eigenvalue weighted by Crippen LogP contribution is 2.33. The smallest absolute Gasteiger partial charge is 0.298 e. The van der Waals surface area contributed by atoms with E-state index in [1.165, 1.54) is 16.7 Å². The van der Waals surface area contributed by atoms with Gasteiger partial charge in [-0.1, -0.05) is 48.2 Å². The van der Waals surface area contributed by atoms with Crippen LogP contribution in [0.2, 0.25) is 0 Å². The first kappa shape index (κ1) is 20.9. The average Bonchev–Trinajstić information content (AvgIpc) is 3.46. The van der Waals surface area contributed by atoms with Crippen LogP contribution in [0.5, 0.6) is 11.5 Å². The van der Waals surface area contributed by atoms with E-state index in [-0.39, 0.29) is 17.9 Å². The van der Waals surface area contributed by atoms with E-state index in [0.29, 0.717) is 40.1 Å². The first-order valence-electron chi connectivity index (χ1n) is 11.1. The Balaban J connectivity index is 1.45. The van der Waals surface area contributed by atoms with Gasteiger partial charge in [0.2, 0.25) is 12.4 Å². The Morgan fingerprint density at radius 1 is 0.941 bits per heavy atom. The lowest BCUT2D eigenvalue weighted by atomic mass is 10.1. The van der Waals surface area contributed by atoms with E-state index >= 15 is 0 Å². The van der Waals surface area contributed by atoms with Crippen molar-refractivity contribution in [1.29, 1.82) is 0 Å². The monoisotopic (exact) mass is 470 g/mol. The molecule has 0 amide bonds. The second-order valence-electron chi connectivity index (χ2n) is 8.46. The molecule has 0 atom stereocenters. The number of para-hydroxylation sites is 1. The molecule has 170 valence electrons. The number of nitrogens with zero attached hydrogens (tertiary/aromatic N) is 2. The Hall–Kier alpha value is -3.71. The molecule has 6 nitrogen and oxygen atoms in total. The molecule has 0 N–H and O–H groups in total. The molecule has 3 aromatic carbocycles. The normalized spacial score (nSPS) is 12.6. The summed E-state index contributed by atoms with van der Waals surface area (Å²) in [4.78, 5) is 18.6. The van der Waals surface area contributed by atoms with E-state index in [1.54, 1.807) is 16.3 Å². The van der Waals surface area contributed by atoms with Gasteiger partial charge in [0, 0.05) is 11.1 Å². The quantitative estimate of drug-likeness (QED) is 0.238. The molecule has 3 heterocycles. The number of hydrogen-bond donors (Lipinski definition) is 0. The summed E-state index contributed by atoms with van der Waals surface area (Å²) >= 11 is 1.55. The molecule has 5 aromatic rings. The van der Waals surface area contributed by atoms with Crippen LogP contribution in [-0.4, -0.2) is 16.3 Å². The average molecular weight is 471 g/mol. The lowest BCUT2D eigenvalue weighted by molar-refractivity contribution is 0.174. The fraction of sp³-hybridized carbons (Fsp3) is 0.185. The van der Waals surface area contributed by atoms with Crippen LogP contribution in [0.25, 0.3) is 22.1 Å². The number of furan rings is 1. The van der Waals surface area contributed by atoms with E-state index < -0.39 is 0 Å².